The van der Waals surface area contributed by atoms with Gasteiger partial charge in [-0.1, -0.05) is 36.4 Å². The Morgan fingerprint density at radius 3 is 2.30 bits per heavy atom. The highest BCUT2D eigenvalue weighted by Gasteiger charge is 2.23. The zero-order valence-electron chi connectivity index (χ0n) is 13.2. The van der Waals surface area contributed by atoms with Crippen molar-refractivity contribution in [3.8, 4) is 5.75 Å². The van der Waals surface area contributed by atoms with Gasteiger partial charge in [-0.05, 0) is 36.2 Å². The first-order valence-electron chi connectivity index (χ1n) is 7.37. The van der Waals surface area contributed by atoms with Crippen LogP contribution in [-0.2, 0) is 16.4 Å². The van der Waals surface area contributed by atoms with Crippen molar-refractivity contribution in [1.29, 1.82) is 0 Å². The molecule has 0 amide bonds. The zero-order valence-corrected chi connectivity index (χ0v) is 14.0. The summed E-state index contributed by atoms with van der Waals surface area (Å²) in [6.07, 6.45) is 2.26. The molecule has 0 saturated heterocycles. The van der Waals surface area contributed by atoms with Crippen molar-refractivity contribution in [3.63, 3.8) is 0 Å². The lowest BCUT2D eigenvalue weighted by Gasteiger charge is -2.21. The predicted molar refractivity (Wildman–Crippen MR) is 92.1 cm³/mol. The summed E-state index contributed by atoms with van der Waals surface area (Å²) in [6, 6.07) is 16.2. The topological polar surface area (TPSA) is 46.6 Å². The van der Waals surface area contributed by atoms with Crippen LogP contribution in [0.2, 0.25) is 0 Å². The van der Waals surface area contributed by atoms with Crippen LogP contribution in [0.1, 0.15) is 5.56 Å². The number of methoxy groups -OCH3 is 1. The number of nitrogens with zero attached hydrogens (tertiary/aromatic N) is 1. The van der Waals surface area contributed by atoms with Gasteiger partial charge in [0.25, 0.3) is 0 Å². The highest BCUT2D eigenvalue weighted by atomic mass is 32.2. The molecule has 0 aliphatic heterocycles. The fraction of sp³-hybridized carbons (Fsp3) is 0.222. The van der Waals surface area contributed by atoms with Crippen LogP contribution in [-0.4, -0.2) is 32.9 Å². The van der Waals surface area contributed by atoms with E-state index in [4.69, 9.17) is 4.74 Å². The van der Waals surface area contributed by atoms with E-state index in [1.54, 1.807) is 37.5 Å². The molecule has 0 aliphatic rings. The summed E-state index contributed by atoms with van der Waals surface area (Å²) in [5.41, 5.74) is 1.10. The Bertz CT molecular complexity index is 725. The number of rotatable bonds is 8. The average molecular weight is 331 g/mol. The second-order valence-corrected chi connectivity index (χ2v) is 7.00. The van der Waals surface area contributed by atoms with Crippen LogP contribution < -0.4 is 4.74 Å². The summed E-state index contributed by atoms with van der Waals surface area (Å²) < 4.78 is 32.1. The van der Waals surface area contributed by atoms with Crippen molar-refractivity contribution in [2.45, 2.75) is 11.3 Å². The third-order valence-corrected chi connectivity index (χ3v) is 5.40. The molecule has 0 unspecified atom stereocenters. The van der Waals surface area contributed by atoms with E-state index in [9.17, 15) is 8.42 Å². The van der Waals surface area contributed by atoms with E-state index in [1.807, 2.05) is 30.3 Å². The standard InChI is InChI=1S/C18H21NO3S/c1-3-14-19(15-13-16-7-5-4-6-8-16)23(20,21)18-11-9-17(22-2)10-12-18/h3-12H,1,13-15H2,2H3. The summed E-state index contributed by atoms with van der Waals surface area (Å²) >= 11 is 0. The van der Waals surface area contributed by atoms with Gasteiger partial charge < -0.3 is 4.74 Å². The van der Waals surface area contributed by atoms with Gasteiger partial charge >= 0.3 is 0 Å². The van der Waals surface area contributed by atoms with Gasteiger partial charge in [-0.15, -0.1) is 6.58 Å². The van der Waals surface area contributed by atoms with E-state index in [0.717, 1.165) is 5.56 Å². The van der Waals surface area contributed by atoms with Gasteiger partial charge in [0.05, 0.1) is 12.0 Å². The van der Waals surface area contributed by atoms with Crippen LogP contribution in [0.15, 0.2) is 72.1 Å². The molecule has 0 N–H and O–H groups in total. The van der Waals surface area contributed by atoms with Gasteiger partial charge in [0.1, 0.15) is 5.75 Å². The molecule has 2 rings (SSSR count). The van der Waals surface area contributed by atoms with E-state index in [1.165, 1.54) is 4.31 Å². The summed E-state index contributed by atoms with van der Waals surface area (Å²) in [7, 11) is -2.00. The number of hydrogen-bond acceptors (Lipinski definition) is 3. The van der Waals surface area contributed by atoms with Crippen LogP contribution in [0.25, 0.3) is 0 Å². The molecule has 2 aromatic rings. The fourth-order valence-corrected chi connectivity index (χ4v) is 3.66. The molecule has 0 radical (unpaired) electrons. The fourth-order valence-electron chi connectivity index (χ4n) is 2.25. The lowest BCUT2D eigenvalue weighted by atomic mass is 10.1. The molecular weight excluding hydrogens is 310 g/mol. The van der Waals surface area contributed by atoms with Crippen molar-refractivity contribution >= 4 is 10.0 Å². The summed E-state index contributed by atoms with van der Waals surface area (Å²) in [4.78, 5) is 0.258. The lowest BCUT2D eigenvalue weighted by molar-refractivity contribution is 0.414. The van der Waals surface area contributed by atoms with Gasteiger partial charge in [-0.3, -0.25) is 0 Å². The average Bonchev–Trinajstić information content (AvgIpc) is 2.59. The monoisotopic (exact) mass is 331 g/mol. The number of ether oxygens (including phenoxy) is 1. The first kappa shape index (κ1) is 17.2. The van der Waals surface area contributed by atoms with Crippen LogP contribution >= 0.6 is 0 Å². The number of sulfonamides is 1. The van der Waals surface area contributed by atoms with Crippen molar-refractivity contribution < 1.29 is 13.2 Å². The second kappa shape index (κ2) is 7.94. The van der Waals surface area contributed by atoms with E-state index < -0.39 is 10.0 Å². The minimum absolute atomic E-state index is 0.258. The van der Waals surface area contributed by atoms with Crippen LogP contribution in [0.3, 0.4) is 0 Å². The van der Waals surface area contributed by atoms with Crippen molar-refractivity contribution in [2.24, 2.45) is 0 Å². The number of benzene rings is 2. The molecule has 0 saturated carbocycles. The van der Waals surface area contributed by atoms with Gasteiger partial charge in [0.2, 0.25) is 10.0 Å². The van der Waals surface area contributed by atoms with E-state index >= 15 is 0 Å². The molecule has 0 spiro atoms. The second-order valence-electron chi connectivity index (χ2n) is 5.06. The Balaban J connectivity index is 2.18. The molecule has 0 bridgehead atoms. The quantitative estimate of drug-likeness (QED) is 0.698. The minimum Gasteiger partial charge on any atom is -0.497 e. The molecule has 0 aromatic heterocycles. The smallest absolute Gasteiger partial charge is 0.243 e. The highest BCUT2D eigenvalue weighted by molar-refractivity contribution is 7.89. The molecule has 0 atom stereocenters. The Kier molecular flexibility index (Phi) is 5.96. The van der Waals surface area contributed by atoms with Gasteiger partial charge in [-0.2, -0.15) is 4.31 Å². The predicted octanol–water partition coefficient (Wildman–Crippen LogP) is 3.11. The molecular formula is C18H21NO3S. The minimum atomic E-state index is -3.55. The molecule has 0 fully saturated rings. The lowest BCUT2D eigenvalue weighted by Crippen LogP contribution is -2.33. The molecule has 4 nitrogen and oxygen atoms in total. The Labute approximate surface area is 138 Å². The van der Waals surface area contributed by atoms with E-state index in [0.29, 0.717) is 18.7 Å². The van der Waals surface area contributed by atoms with Crippen molar-refractivity contribution in [3.05, 3.63) is 72.8 Å². The van der Waals surface area contributed by atoms with Crippen molar-refractivity contribution in [1.82, 2.24) is 4.31 Å². The Morgan fingerprint density at radius 2 is 1.74 bits per heavy atom. The zero-order chi connectivity index (χ0) is 16.7. The largest absolute Gasteiger partial charge is 0.497 e. The Morgan fingerprint density at radius 1 is 1.09 bits per heavy atom. The van der Waals surface area contributed by atoms with Gasteiger partial charge in [0, 0.05) is 13.1 Å². The summed E-state index contributed by atoms with van der Waals surface area (Å²) in [5, 5.41) is 0. The number of hydrogen-bond donors (Lipinski definition) is 0. The van der Waals surface area contributed by atoms with Crippen LogP contribution in [0, 0.1) is 0 Å². The SMILES string of the molecule is C=CCN(CCc1ccccc1)S(=O)(=O)c1ccc(OC)cc1. The third-order valence-electron chi connectivity index (χ3n) is 3.52. The molecule has 23 heavy (non-hydrogen) atoms. The van der Waals surface area contributed by atoms with E-state index in [2.05, 4.69) is 6.58 Å². The van der Waals surface area contributed by atoms with E-state index in [-0.39, 0.29) is 11.4 Å². The molecule has 5 heteroatoms. The van der Waals surface area contributed by atoms with Crippen LogP contribution in [0.4, 0.5) is 0 Å². The molecule has 2 aromatic carbocycles. The summed E-state index contributed by atoms with van der Waals surface area (Å²) in [6.45, 7) is 4.35. The Hall–Kier alpha value is -2.11. The molecule has 0 aliphatic carbocycles. The van der Waals surface area contributed by atoms with Crippen molar-refractivity contribution in [2.75, 3.05) is 20.2 Å². The maximum absolute atomic E-state index is 12.8. The molecule has 122 valence electrons. The van der Waals surface area contributed by atoms with Gasteiger partial charge in [-0.25, -0.2) is 8.42 Å². The van der Waals surface area contributed by atoms with Gasteiger partial charge in [0.15, 0.2) is 0 Å². The maximum atomic E-state index is 12.8. The molecule has 0 heterocycles. The maximum Gasteiger partial charge on any atom is 0.243 e. The normalized spacial score (nSPS) is 11.4. The van der Waals surface area contributed by atoms with Crippen LogP contribution in [0.5, 0.6) is 5.75 Å². The first-order chi connectivity index (χ1) is 11.1. The summed E-state index contributed by atoms with van der Waals surface area (Å²) in [5.74, 6) is 0.628. The third kappa shape index (κ3) is 4.43. The highest BCUT2D eigenvalue weighted by Crippen LogP contribution is 2.20. The first-order valence-corrected chi connectivity index (χ1v) is 8.81.